The van der Waals surface area contributed by atoms with E-state index < -0.39 is 5.97 Å². The van der Waals surface area contributed by atoms with E-state index >= 15 is 0 Å². The number of anilines is 1. The molecule has 0 spiro atoms. The largest absolute Gasteiger partial charge is 0.502 e. The first-order chi connectivity index (χ1) is 12.0. The summed E-state index contributed by atoms with van der Waals surface area (Å²) >= 11 is 1.17. The number of phenols is 1. The van der Waals surface area contributed by atoms with Crippen molar-refractivity contribution in [3.05, 3.63) is 28.3 Å². The molecule has 2 N–H and O–H groups in total. The van der Waals surface area contributed by atoms with Gasteiger partial charge < -0.3 is 19.3 Å². The van der Waals surface area contributed by atoms with Gasteiger partial charge >= 0.3 is 5.97 Å². The zero-order valence-corrected chi connectivity index (χ0v) is 15.1. The number of carbonyl (C=O) groups is 1. The van der Waals surface area contributed by atoms with Crippen LogP contribution in [0.15, 0.2) is 17.2 Å². The molecule has 1 aromatic carbocycles. The number of benzene rings is 1. The van der Waals surface area contributed by atoms with E-state index in [1.165, 1.54) is 38.9 Å². The maximum absolute atomic E-state index is 11.7. The summed E-state index contributed by atoms with van der Waals surface area (Å²) in [6.07, 6.45) is 2.13. The molecule has 0 atom stereocenters. The highest BCUT2D eigenvalue weighted by Crippen LogP contribution is 2.36. The molecule has 0 radical (unpaired) electrons. The summed E-state index contributed by atoms with van der Waals surface area (Å²) in [5.74, 6) is 0.0531. The van der Waals surface area contributed by atoms with Crippen molar-refractivity contribution in [1.82, 2.24) is 4.98 Å². The van der Waals surface area contributed by atoms with Crippen molar-refractivity contribution in [2.24, 2.45) is 5.10 Å². The van der Waals surface area contributed by atoms with Crippen LogP contribution in [0.5, 0.6) is 17.2 Å². The lowest BCUT2D eigenvalue weighted by atomic mass is 10.2. The summed E-state index contributed by atoms with van der Waals surface area (Å²) in [5.41, 5.74) is 4.09. The molecule has 25 heavy (non-hydrogen) atoms. The number of esters is 1. The summed E-state index contributed by atoms with van der Waals surface area (Å²) in [6, 6.07) is 3.23. The van der Waals surface area contributed by atoms with Gasteiger partial charge in [0.1, 0.15) is 4.88 Å². The number of thiazole rings is 1. The van der Waals surface area contributed by atoms with E-state index in [2.05, 4.69) is 15.5 Å². The van der Waals surface area contributed by atoms with Crippen LogP contribution in [0.1, 0.15) is 27.9 Å². The average Bonchev–Trinajstić information content (AvgIpc) is 3.05. The number of ether oxygens (including phenoxy) is 3. The number of nitrogens with one attached hydrogen (secondary N) is 1. The Morgan fingerprint density at radius 1 is 1.32 bits per heavy atom. The van der Waals surface area contributed by atoms with E-state index in [0.29, 0.717) is 27.7 Å². The normalized spacial score (nSPS) is 10.7. The number of hydrazone groups is 1. The quantitative estimate of drug-likeness (QED) is 0.442. The Morgan fingerprint density at radius 3 is 2.48 bits per heavy atom. The fraction of sp³-hybridized carbons (Fsp3) is 0.312. The molecule has 134 valence electrons. The summed E-state index contributed by atoms with van der Waals surface area (Å²) in [6.45, 7) is 1.91. The van der Waals surface area contributed by atoms with Crippen LogP contribution in [0.25, 0.3) is 0 Å². The van der Waals surface area contributed by atoms with E-state index in [9.17, 15) is 9.90 Å². The van der Waals surface area contributed by atoms with Gasteiger partial charge in [-0.3, -0.25) is 5.43 Å². The Bertz CT molecular complexity index is 763. The van der Waals surface area contributed by atoms with Crippen molar-refractivity contribution in [3.63, 3.8) is 0 Å². The Hall–Kier alpha value is -2.81. The monoisotopic (exact) mass is 365 g/mol. The Morgan fingerprint density at radius 2 is 1.96 bits per heavy atom. The van der Waals surface area contributed by atoms with Gasteiger partial charge in [0, 0.05) is 5.56 Å². The highest BCUT2D eigenvalue weighted by atomic mass is 32.1. The molecular weight excluding hydrogens is 346 g/mol. The topological polar surface area (TPSA) is 102 Å². The van der Waals surface area contributed by atoms with Gasteiger partial charge in [0.15, 0.2) is 11.5 Å². The lowest BCUT2D eigenvalue weighted by Crippen LogP contribution is -2.01. The Balaban J connectivity index is 2.19. The number of phenolic OH excluding ortho intramolecular Hbond substituents is 1. The number of aryl methyl sites for hydroxylation is 1. The molecule has 0 amide bonds. The highest BCUT2D eigenvalue weighted by molar-refractivity contribution is 7.17. The third-order valence-corrected chi connectivity index (χ3v) is 4.26. The molecule has 2 aromatic rings. The van der Waals surface area contributed by atoms with Crippen LogP contribution < -0.4 is 14.9 Å². The lowest BCUT2D eigenvalue weighted by molar-refractivity contribution is 0.0605. The SMILES string of the molecule is CCc1nc(N/N=C\c2cc(OC)c(O)c(OC)c2)sc1C(=O)OC. The molecule has 0 aliphatic carbocycles. The highest BCUT2D eigenvalue weighted by Gasteiger charge is 2.17. The number of rotatable bonds is 7. The van der Waals surface area contributed by atoms with E-state index in [1.807, 2.05) is 6.92 Å². The lowest BCUT2D eigenvalue weighted by Gasteiger charge is -2.09. The van der Waals surface area contributed by atoms with Gasteiger partial charge in [-0.1, -0.05) is 18.3 Å². The number of hydrogen-bond acceptors (Lipinski definition) is 9. The van der Waals surface area contributed by atoms with Crippen LogP contribution in [0.3, 0.4) is 0 Å². The fourth-order valence-electron chi connectivity index (χ4n) is 2.04. The number of carbonyl (C=O) groups excluding carboxylic acids is 1. The Kier molecular flexibility index (Phi) is 6.18. The number of nitrogens with zero attached hydrogens (tertiary/aromatic N) is 2. The van der Waals surface area contributed by atoms with Crippen molar-refractivity contribution in [1.29, 1.82) is 0 Å². The zero-order valence-electron chi connectivity index (χ0n) is 14.3. The molecular formula is C16H19N3O5S. The summed E-state index contributed by atoms with van der Waals surface area (Å²) in [4.78, 5) is 16.5. The summed E-state index contributed by atoms with van der Waals surface area (Å²) in [7, 11) is 4.23. The average molecular weight is 365 g/mol. The van der Waals surface area contributed by atoms with Gasteiger partial charge in [0.25, 0.3) is 0 Å². The van der Waals surface area contributed by atoms with Crippen LogP contribution >= 0.6 is 11.3 Å². The van der Waals surface area contributed by atoms with Crippen molar-refractivity contribution < 1.29 is 24.1 Å². The number of methoxy groups -OCH3 is 3. The molecule has 0 bridgehead atoms. The molecule has 2 rings (SSSR count). The van der Waals surface area contributed by atoms with Gasteiger partial charge in [-0.2, -0.15) is 5.10 Å². The van der Waals surface area contributed by atoms with E-state index in [0.717, 1.165) is 0 Å². The van der Waals surface area contributed by atoms with Crippen LogP contribution in [-0.4, -0.2) is 43.6 Å². The maximum Gasteiger partial charge on any atom is 0.350 e. The van der Waals surface area contributed by atoms with E-state index in [-0.39, 0.29) is 17.2 Å². The number of hydrogen-bond donors (Lipinski definition) is 2. The van der Waals surface area contributed by atoms with Gasteiger partial charge in [0.2, 0.25) is 10.9 Å². The predicted molar refractivity (Wildman–Crippen MR) is 95.3 cm³/mol. The number of aromatic nitrogens is 1. The van der Waals surface area contributed by atoms with Crippen molar-refractivity contribution in [2.45, 2.75) is 13.3 Å². The molecule has 0 aliphatic heterocycles. The molecule has 0 saturated heterocycles. The van der Waals surface area contributed by atoms with Crippen LogP contribution in [0.4, 0.5) is 5.13 Å². The van der Waals surface area contributed by atoms with Gasteiger partial charge in [-0.05, 0) is 18.6 Å². The van der Waals surface area contributed by atoms with E-state index in [1.54, 1.807) is 12.1 Å². The van der Waals surface area contributed by atoms with Crippen molar-refractivity contribution in [2.75, 3.05) is 26.8 Å². The first kappa shape index (κ1) is 18.5. The molecule has 1 heterocycles. The summed E-state index contributed by atoms with van der Waals surface area (Å²) < 4.78 is 14.9. The molecule has 1 aromatic heterocycles. The standard InChI is InChI=1S/C16H19N3O5S/c1-5-10-14(15(21)24-4)25-16(18-10)19-17-8-9-6-11(22-2)13(20)12(7-9)23-3/h6-8,20H,5H2,1-4H3,(H,18,19)/b17-8-. The molecule has 9 heteroatoms. The third-order valence-electron chi connectivity index (χ3n) is 3.28. The zero-order chi connectivity index (χ0) is 18.4. The summed E-state index contributed by atoms with van der Waals surface area (Å²) in [5, 5.41) is 14.5. The van der Waals surface area contributed by atoms with Gasteiger partial charge in [-0.15, -0.1) is 0 Å². The van der Waals surface area contributed by atoms with Gasteiger partial charge in [-0.25, -0.2) is 9.78 Å². The van der Waals surface area contributed by atoms with Gasteiger partial charge in [0.05, 0.1) is 33.2 Å². The minimum absolute atomic E-state index is 0.0784. The molecule has 0 fully saturated rings. The van der Waals surface area contributed by atoms with Crippen LogP contribution in [0, 0.1) is 0 Å². The second-order valence-corrected chi connectivity index (χ2v) is 5.78. The van der Waals surface area contributed by atoms with Crippen LogP contribution in [0.2, 0.25) is 0 Å². The molecule has 0 saturated carbocycles. The number of aromatic hydroxyl groups is 1. The maximum atomic E-state index is 11.7. The minimum Gasteiger partial charge on any atom is -0.502 e. The first-order valence-electron chi connectivity index (χ1n) is 7.36. The third kappa shape index (κ3) is 4.18. The smallest absolute Gasteiger partial charge is 0.350 e. The molecule has 0 aliphatic rings. The predicted octanol–water partition coefficient (Wildman–Crippen LogP) is 2.66. The second-order valence-electron chi connectivity index (χ2n) is 4.78. The molecule has 8 nitrogen and oxygen atoms in total. The van der Waals surface area contributed by atoms with E-state index in [4.69, 9.17) is 14.2 Å². The Labute approximate surface area is 149 Å². The fourth-order valence-corrected chi connectivity index (χ4v) is 2.96. The van der Waals surface area contributed by atoms with Crippen LogP contribution in [-0.2, 0) is 11.2 Å². The van der Waals surface area contributed by atoms with Crippen molar-refractivity contribution in [3.8, 4) is 17.2 Å². The molecule has 0 unspecified atom stereocenters. The van der Waals surface area contributed by atoms with Crippen molar-refractivity contribution >= 4 is 28.7 Å². The minimum atomic E-state index is -0.417. The second kappa shape index (κ2) is 8.34. The first-order valence-corrected chi connectivity index (χ1v) is 8.17.